The average Bonchev–Trinajstić information content (AvgIpc) is 3.30. The molecule has 0 unspecified atom stereocenters. The second-order valence-corrected chi connectivity index (χ2v) is 11.5. The van der Waals surface area contributed by atoms with Crippen LogP contribution in [-0.4, -0.2) is 18.7 Å². The Morgan fingerprint density at radius 3 is 1.92 bits per heavy atom. The second kappa shape index (κ2) is 11.0. The Labute approximate surface area is 222 Å². The van der Waals surface area contributed by atoms with E-state index >= 15 is 0 Å². The van der Waals surface area contributed by atoms with Crippen molar-refractivity contribution in [3.63, 3.8) is 0 Å². The molecule has 4 aromatic rings. The fraction of sp³-hybridized carbons (Fsp3) is 0.412. The van der Waals surface area contributed by atoms with Crippen molar-refractivity contribution >= 4 is 28.6 Å². The van der Waals surface area contributed by atoms with Gasteiger partial charge in [-0.1, -0.05) is 124 Å². The third-order valence-corrected chi connectivity index (χ3v) is 8.99. The topological polar surface area (TPSA) is 21.3 Å². The molecule has 1 heterocycles. The predicted molar refractivity (Wildman–Crippen MR) is 158 cm³/mol. The Hall–Kier alpha value is -2.62. The molecule has 2 fully saturated rings. The van der Waals surface area contributed by atoms with Crippen molar-refractivity contribution in [3.05, 3.63) is 96.1 Å². The third-order valence-electron chi connectivity index (χ3n) is 8.99. The van der Waals surface area contributed by atoms with Gasteiger partial charge in [-0.15, -0.1) is 0 Å². The molecular formula is C34H40BNO. The molecule has 1 N–H and O–H groups in total. The van der Waals surface area contributed by atoms with E-state index in [0.717, 1.165) is 19.2 Å². The highest BCUT2D eigenvalue weighted by molar-refractivity contribution is 6.50. The maximum absolute atomic E-state index is 7.31. The number of hydrogen-bond donors (Lipinski definition) is 1. The lowest BCUT2D eigenvalue weighted by atomic mass is 9.71. The highest BCUT2D eigenvalue weighted by atomic mass is 16.5. The molecule has 2 aliphatic rings. The number of nitrogens with one attached hydrogen (secondary N) is 1. The molecule has 0 spiro atoms. The van der Waals surface area contributed by atoms with E-state index in [2.05, 4.69) is 97.1 Å². The van der Waals surface area contributed by atoms with E-state index in [4.69, 9.17) is 4.65 Å². The van der Waals surface area contributed by atoms with E-state index in [0.29, 0.717) is 12.0 Å². The lowest BCUT2D eigenvalue weighted by molar-refractivity contribution is 0.0409. The zero-order chi connectivity index (χ0) is 25.1. The normalized spacial score (nSPS) is 20.1. The van der Waals surface area contributed by atoms with Gasteiger partial charge in [0.05, 0.1) is 5.60 Å². The first-order valence-corrected chi connectivity index (χ1v) is 14.6. The molecule has 1 aliphatic carbocycles. The van der Waals surface area contributed by atoms with Crippen LogP contribution in [0, 0.1) is 5.92 Å². The second-order valence-electron chi connectivity index (χ2n) is 11.5. The molecule has 190 valence electrons. The van der Waals surface area contributed by atoms with Crippen LogP contribution in [0.1, 0.15) is 63.0 Å². The van der Waals surface area contributed by atoms with Crippen LogP contribution in [0.15, 0.2) is 84.9 Å². The van der Waals surface area contributed by atoms with Crippen LogP contribution in [0.25, 0.3) is 21.5 Å². The molecule has 6 rings (SSSR count). The lowest BCUT2D eigenvalue weighted by Crippen LogP contribution is -2.52. The molecule has 3 heteroatoms. The number of fused-ring (bicyclic) bond motifs is 2. The van der Waals surface area contributed by atoms with Crippen molar-refractivity contribution in [2.75, 3.05) is 0 Å². The van der Waals surface area contributed by atoms with Gasteiger partial charge in [0.25, 0.3) is 0 Å². The van der Waals surface area contributed by atoms with Crippen LogP contribution in [0.4, 0.5) is 0 Å². The van der Waals surface area contributed by atoms with Crippen LogP contribution in [0.3, 0.4) is 0 Å². The number of hydrogen-bond acceptors (Lipinski definition) is 2. The van der Waals surface area contributed by atoms with E-state index in [9.17, 15) is 0 Å². The van der Waals surface area contributed by atoms with Crippen molar-refractivity contribution in [2.24, 2.45) is 5.92 Å². The van der Waals surface area contributed by atoms with E-state index in [1.54, 1.807) is 0 Å². The molecule has 1 aliphatic heterocycles. The van der Waals surface area contributed by atoms with Crippen molar-refractivity contribution in [1.82, 2.24) is 5.23 Å². The summed E-state index contributed by atoms with van der Waals surface area (Å²) in [5.74, 6) is 0.672. The zero-order valence-electron chi connectivity index (χ0n) is 22.3. The number of rotatable bonds is 8. The summed E-state index contributed by atoms with van der Waals surface area (Å²) in [5.41, 5.74) is 2.56. The summed E-state index contributed by atoms with van der Waals surface area (Å²) in [6.45, 7) is 2.28. The molecule has 1 atom stereocenters. The summed E-state index contributed by atoms with van der Waals surface area (Å²) in [5, 5.41) is 9.48. The minimum absolute atomic E-state index is 0.136. The Morgan fingerprint density at radius 1 is 0.757 bits per heavy atom. The maximum Gasteiger partial charge on any atom is 0.380 e. The van der Waals surface area contributed by atoms with Gasteiger partial charge in [-0.3, -0.25) is 0 Å². The summed E-state index contributed by atoms with van der Waals surface area (Å²) < 4.78 is 7.31. The lowest BCUT2D eigenvalue weighted by Gasteiger charge is -2.41. The van der Waals surface area contributed by atoms with Gasteiger partial charge in [0, 0.05) is 18.9 Å². The van der Waals surface area contributed by atoms with Gasteiger partial charge in [0.1, 0.15) is 0 Å². The largest absolute Gasteiger partial charge is 0.414 e. The summed E-state index contributed by atoms with van der Waals surface area (Å²) in [7, 11) is 0.136. The average molecular weight is 490 g/mol. The highest BCUT2D eigenvalue weighted by Gasteiger charge is 2.52. The maximum atomic E-state index is 7.31. The molecular weight excluding hydrogens is 449 g/mol. The Balaban J connectivity index is 1.46. The monoisotopic (exact) mass is 489 g/mol. The summed E-state index contributed by atoms with van der Waals surface area (Å²) in [6.07, 6.45) is 12.1. The fourth-order valence-electron chi connectivity index (χ4n) is 7.21. The first-order valence-electron chi connectivity index (χ1n) is 14.6. The molecule has 1 saturated heterocycles. The molecule has 0 radical (unpaired) electrons. The van der Waals surface area contributed by atoms with Gasteiger partial charge < -0.3 is 9.88 Å². The molecule has 37 heavy (non-hydrogen) atoms. The molecule has 1 saturated carbocycles. The molecule has 0 amide bonds. The van der Waals surface area contributed by atoms with Crippen LogP contribution >= 0.6 is 0 Å². The quantitative estimate of drug-likeness (QED) is 0.251. The van der Waals surface area contributed by atoms with Gasteiger partial charge in [-0.25, -0.2) is 0 Å². The summed E-state index contributed by atoms with van der Waals surface area (Å²) in [4.78, 5) is 0. The Morgan fingerprint density at radius 2 is 1.32 bits per heavy atom. The zero-order valence-corrected chi connectivity index (χ0v) is 22.3. The van der Waals surface area contributed by atoms with Crippen molar-refractivity contribution in [1.29, 1.82) is 0 Å². The Kier molecular flexibility index (Phi) is 7.35. The van der Waals surface area contributed by atoms with Crippen molar-refractivity contribution < 1.29 is 4.65 Å². The first kappa shape index (κ1) is 24.7. The van der Waals surface area contributed by atoms with Crippen molar-refractivity contribution in [2.45, 2.75) is 82.7 Å². The molecule has 4 aromatic carbocycles. The summed E-state index contributed by atoms with van der Waals surface area (Å²) >= 11 is 0. The molecule has 0 aromatic heterocycles. The standard InChI is InChI=1S/C34H40BNO/c1-2-3-23-35-36-33(28-15-5-4-6-16-28)34(37-35,24-29-19-11-17-26-13-7-9-21-31(26)29)25-30-20-12-18-27-14-8-10-22-32(27)30/h7-14,17-22,28,33,36H,2-6,15-16,23-25H2,1H3/t33-/m1/s1. The minimum Gasteiger partial charge on any atom is -0.414 e. The smallest absolute Gasteiger partial charge is 0.380 e. The van der Waals surface area contributed by atoms with Gasteiger partial charge in [0.15, 0.2) is 0 Å². The Bertz CT molecular complexity index is 1250. The van der Waals surface area contributed by atoms with Crippen LogP contribution < -0.4 is 5.23 Å². The van der Waals surface area contributed by atoms with E-state index in [-0.39, 0.29) is 12.7 Å². The van der Waals surface area contributed by atoms with Crippen molar-refractivity contribution in [3.8, 4) is 0 Å². The SMILES string of the molecule is CCCCB1N[C@H](C2CCCCC2)C(Cc2cccc3ccccc23)(Cc2cccc3ccccc23)O1. The van der Waals surface area contributed by atoms with Gasteiger partial charge in [0.2, 0.25) is 0 Å². The number of benzene rings is 4. The van der Waals surface area contributed by atoms with Crippen LogP contribution in [-0.2, 0) is 17.5 Å². The van der Waals surface area contributed by atoms with Crippen LogP contribution in [0.5, 0.6) is 0 Å². The van der Waals surface area contributed by atoms with E-state index in [1.807, 2.05) is 0 Å². The van der Waals surface area contributed by atoms with Gasteiger partial charge in [-0.2, -0.15) is 0 Å². The molecule has 2 nitrogen and oxygen atoms in total. The first-order chi connectivity index (χ1) is 18.3. The fourth-order valence-corrected chi connectivity index (χ4v) is 7.21. The van der Waals surface area contributed by atoms with Gasteiger partial charge in [-0.05, 0) is 57.8 Å². The van der Waals surface area contributed by atoms with E-state index < -0.39 is 0 Å². The summed E-state index contributed by atoms with van der Waals surface area (Å²) in [6, 6.07) is 31.7. The molecule has 0 bridgehead atoms. The van der Waals surface area contributed by atoms with Gasteiger partial charge >= 0.3 is 7.05 Å². The van der Waals surface area contributed by atoms with E-state index in [1.165, 1.54) is 77.6 Å². The number of unbranched alkanes of at least 4 members (excludes halogenated alkanes) is 1. The van der Waals surface area contributed by atoms with Crippen LogP contribution in [0.2, 0.25) is 6.32 Å². The third kappa shape index (κ3) is 5.09. The predicted octanol–water partition coefficient (Wildman–Crippen LogP) is 8.37. The minimum atomic E-state index is -0.269. The highest BCUT2D eigenvalue weighted by Crippen LogP contribution is 2.42.